The van der Waals surface area contributed by atoms with Gasteiger partial charge in [-0.3, -0.25) is 0 Å². The summed E-state index contributed by atoms with van der Waals surface area (Å²) < 4.78 is 0. The lowest BCUT2D eigenvalue weighted by Gasteiger charge is -2.24. The molecule has 8 aromatic rings. The van der Waals surface area contributed by atoms with Crippen molar-refractivity contribution >= 4 is 43.1 Å². The first-order chi connectivity index (χ1) is 21.1. The Bertz CT molecular complexity index is 2500. The van der Waals surface area contributed by atoms with Gasteiger partial charge < -0.3 is 0 Å². The van der Waals surface area contributed by atoms with Crippen LogP contribution in [-0.2, 0) is 5.41 Å². The minimum absolute atomic E-state index is 0.105. The standard InChI is InChI=1S/C43H28/c1-43(2)38-23-19-25-10-3-4-11-28(25)40(38)41-34-15-8-7-14-31(34)37-24-26(18-20-36(37)42(41)43)27-21-22-35-30-13-6-5-12-29(30)33-17-9-16-32(27)39(33)35/h3-24H,1-2H3. The van der Waals surface area contributed by atoms with Gasteiger partial charge in [-0.05, 0) is 105 Å². The molecule has 0 bridgehead atoms. The molecule has 0 fully saturated rings. The zero-order valence-corrected chi connectivity index (χ0v) is 24.2. The predicted molar refractivity (Wildman–Crippen MR) is 184 cm³/mol. The Kier molecular flexibility index (Phi) is 4.35. The van der Waals surface area contributed by atoms with E-state index in [1.807, 2.05) is 0 Å². The van der Waals surface area contributed by atoms with Gasteiger partial charge in [0.05, 0.1) is 0 Å². The molecule has 0 heterocycles. The minimum atomic E-state index is -0.105. The highest BCUT2D eigenvalue weighted by Gasteiger charge is 2.39. The van der Waals surface area contributed by atoms with Gasteiger partial charge in [0.15, 0.2) is 0 Å². The van der Waals surface area contributed by atoms with Gasteiger partial charge in [-0.25, -0.2) is 0 Å². The highest BCUT2D eigenvalue weighted by molar-refractivity contribution is 6.23. The van der Waals surface area contributed by atoms with E-state index < -0.39 is 0 Å². The summed E-state index contributed by atoms with van der Waals surface area (Å²) in [6.07, 6.45) is 0. The third-order valence-corrected chi connectivity index (χ3v) is 10.4. The summed E-state index contributed by atoms with van der Waals surface area (Å²) in [6, 6.07) is 50.1. The summed E-state index contributed by atoms with van der Waals surface area (Å²) in [5.74, 6) is 0. The molecule has 0 radical (unpaired) electrons. The molecule has 2 aliphatic carbocycles. The second kappa shape index (κ2) is 8.00. The highest BCUT2D eigenvalue weighted by Crippen LogP contribution is 2.57. The van der Waals surface area contributed by atoms with Gasteiger partial charge in [0.25, 0.3) is 0 Å². The first-order valence-electron chi connectivity index (χ1n) is 15.3. The second-order valence-electron chi connectivity index (χ2n) is 12.8. The molecule has 0 N–H and O–H groups in total. The summed E-state index contributed by atoms with van der Waals surface area (Å²) in [5.41, 5.74) is 13.6. The van der Waals surface area contributed by atoms with Crippen LogP contribution in [0.5, 0.6) is 0 Å². The topological polar surface area (TPSA) is 0 Å². The molecule has 43 heavy (non-hydrogen) atoms. The smallest absolute Gasteiger partial charge is 0.0165 e. The van der Waals surface area contributed by atoms with Gasteiger partial charge in [-0.15, -0.1) is 0 Å². The van der Waals surface area contributed by atoms with Gasteiger partial charge in [0.2, 0.25) is 0 Å². The Morgan fingerprint density at radius 3 is 1.88 bits per heavy atom. The Hall–Kier alpha value is -5.20. The van der Waals surface area contributed by atoms with Gasteiger partial charge in [0.1, 0.15) is 0 Å². The van der Waals surface area contributed by atoms with Crippen LogP contribution in [-0.4, -0.2) is 0 Å². The van der Waals surface area contributed by atoms with Crippen LogP contribution in [0.25, 0.3) is 87.6 Å². The molecule has 0 amide bonds. The normalized spacial score (nSPS) is 14.0. The Balaban J connectivity index is 1.29. The molecule has 200 valence electrons. The number of benzene rings is 8. The summed E-state index contributed by atoms with van der Waals surface area (Å²) >= 11 is 0. The SMILES string of the molecule is CC1(C)c2ccc3ccccc3c2-c2c1c1ccc(-c3ccc4c5c(cccc35)-c3ccccc3-4)cc1c1ccccc21. The van der Waals surface area contributed by atoms with E-state index in [0.717, 1.165) is 0 Å². The van der Waals surface area contributed by atoms with Crippen LogP contribution in [0.4, 0.5) is 0 Å². The van der Waals surface area contributed by atoms with Crippen molar-refractivity contribution in [2.45, 2.75) is 19.3 Å². The summed E-state index contributed by atoms with van der Waals surface area (Å²) in [7, 11) is 0. The lowest BCUT2D eigenvalue weighted by molar-refractivity contribution is 0.667. The van der Waals surface area contributed by atoms with Gasteiger partial charge in [-0.1, -0.05) is 141 Å². The molecule has 0 spiro atoms. The number of fused-ring (bicyclic) bond motifs is 13. The van der Waals surface area contributed by atoms with Gasteiger partial charge in [-0.2, -0.15) is 0 Å². The van der Waals surface area contributed by atoms with Crippen LogP contribution in [0.15, 0.2) is 133 Å². The first-order valence-corrected chi connectivity index (χ1v) is 15.3. The zero-order valence-electron chi connectivity index (χ0n) is 24.2. The summed E-state index contributed by atoms with van der Waals surface area (Å²) in [5, 5.41) is 10.7. The molecule has 8 aromatic carbocycles. The zero-order chi connectivity index (χ0) is 28.4. The van der Waals surface area contributed by atoms with Crippen LogP contribution < -0.4 is 0 Å². The molecule has 0 aromatic heterocycles. The summed E-state index contributed by atoms with van der Waals surface area (Å²) in [4.78, 5) is 0. The number of hydrogen-bond donors (Lipinski definition) is 0. The highest BCUT2D eigenvalue weighted by atomic mass is 14.4. The van der Waals surface area contributed by atoms with Crippen molar-refractivity contribution in [1.29, 1.82) is 0 Å². The van der Waals surface area contributed by atoms with E-state index >= 15 is 0 Å². The maximum absolute atomic E-state index is 2.46. The van der Waals surface area contributed by atoms with Crippen molar-refractivity contribution in [3.63, 3.8) is 0 Å². The van der Waals surface area contributed by atoms with Crippen LogP contribution >= 0.6 is 0 Å². The van der Waals surface area contributed by atoms with E-state index in [9.17, 15) is 0 Å². The molecule has 10 rings (SSSR count). The fraction of sp³-hybridized carbons (Fsp3) is 0.0698. The molecule has 0 nitrogen and oxygen atoms in total. The quantitative estimate of drug-likeness (QED) is 0.180. The average molecular weight is 545 g/mol. The maximum atomic E-state index is 2.46. The largest absolute Gasteiger partial charge is 0.0616 e. The van der Waals surface area contributed by atoms with E-state index in [2.05, 4.69) is 147 Å². The van der Waals surface area contributed by atoms with Crippen molar-refractivity contribution in [3.8, 4) is 44.5 Å². The number of hydrogen-bond acceptors (Lipinski definition) is 0. The molecule has 0 unspecified atom stereocenters. The molecular formula is C43H28. The minimum Gasteiger partial charge on any atom is -0.0616 e. The maximum Gasteiger partial charge on any atom is 0.0165 e. The van der Waals surface area contributed by atoms with Crippen LogP contribution in [0.2, 0.25) is 0 Å². The number of rotatable bonds is 1. The first kappa shape index (κ1) is 23.4. The third-order valence-electron chi connectivity index (χ3n) is 10.4. The van der Waals surface area contributed by atoms with E-state index in [1.54, 1.807) is 0 Å². The van der Waals surface area contributed by atoms with Crippen molar-refractivity contribution in [1.82, 2.24) is 0 Å². The third kappa shape index (κ3) is 2.86. The molecule has 0 heteroatoms. The van der Waals surface area contributed by atoms with Crippen molar-refractivity contribution in [3.05, 3.63) is 145 Å². The fourth-order valence-corrected chi connectivity index (χ4v) is 8.52. The fourth-order valence-electron chi connectivity index (χ4n) is 8.52. The molecule has 0 atom stereocenters. The van der Waals surface area contributed by atoms with E-state index in [4.69, 9.17) is 0 Å². The lowest BCUT2D eigenvalue weighted by Crippen LogP contribution is -2.15. The van der Waals surface area contributed by atoms with Crippen LogP contribution in [0.3, 0.4) is 0 Å². The lowest BCUT2D eigenvalue weighted by atomic mass is 9.78. The molecule has 0 saturated carbocycles. The Labute approximate surface area is 250 Å². The van der Waals surface area contributed by atoms with Crippen LogP contribution in [0, 0.1) is 0 Å². The molecular weight excluding hydrogens is 516 g/mol. The van der Waals surface area contributed by atoms with Crippen LogP contribution in [0.1, 0.15) is 25.0 Å². The average Bonchev–Trinajstić information content (AvgIpc) is 3.51. The molecule has 0 saturated heterocycles. The Morgan fingerprint density at radius 1 is 0.395 bits per heavy atom. The van der Waals surface area contributed by atoms with Crippen molar-refractivity contribution in [2.75, 3.05) is 0 Å². The van der Waals surface area contributed by atoms with Crippen molar-refractivity contribution in [2.24, 2.45) is 0 Å². The van der Waals surface area contributed by atoms with E-state index in [-0.39, 0.29) is 5.41 Å². The molecule has 2 aliphatic rings. The Morgan fingerprint density at radius 2 is 1.05 bits per heavy atom. The molecule has 0 aliphatic heterocycles. The van der Waals surface area contributed by atoms with E-state index in [1.165, 1.54) is 98.7 Å². The predicted octanol–water partition coefficient (Wildman–Crippen LogP) is 11.9. The van der Waals surface area contributed by atoms with Gasteiger partial charge >= 0.3 is 0 Å². The van der Waals surface area contributed by atoms with Gasteiger partial charge in [0, 0.05) is 5.41 Å². The van der Waals surface area contributed by atoms with E-state index in [0.29, 0.717) is 0 Å². The second-order valence-corrected chi connectivity index (χ2v) is 12.8. The summed E-state index contributed by atoms with van der Waals surface area (Å²) in [6.45, 7) is 4.82. The van der Waals surface area contributed by atoms with Crippen molar-refractivity contribution < 1.29 is 0 Å². The monoisotopic (exact) mass is 544 g/mol.